The lowest BCUT2D eigenvalue weighted by Crippen LogP contribution is -2.09. The summed E-state index contributed by atoms with van der Waals surface area (Å²) in [5.74, 6) is 0. The molecule has 4 nitrogen and oxygen atoms in total. The van der Waals surface area contributed by atoms with Gasteiger partial charge in [0.15, 0.2) is 0 Å². The summed E-state index contributed by atoms with van der Waals surface area (Å²) in [6.07, 6.45) is 1.59. The Bertz CT molecular complexity index is 638. The SMILES string of the molecule is N#Cc1cc(-c2ccccc2CN)c[nH]c1=O. The normalized spacial score (nSPS) is 9.88. The second-order valence-corrected chi connectivity index (χ2v) is 3.60. The Morgan fingerprint density at radius 3 is 2.82 bits per heavy atom. The van der Waals surface area contributed by atoms with Crippen molar-refractivity contribution in [2.24, 2.45) is 5.73 Å². The van der Waals surface area contributed by atoms with Crippen molar-refractivity contribution in [2.75, 3.05) is 0 Å². The van der Waals surface area contributed by atoms with E-state index in [0.717, 1.165) is 16.7 Å². The summed E-state index contributed by atoms with van der Waals surface area (Å²) >= 11 is 0. The minimum Gasteiger partial charge on any atom is -0.327 e. The molecule has 1 aromatic carbocycles. The van der Waals surface area contributed by atoms with Gasteiger partial charge in [-0.1, -0.05) is 24.3 Å². The highest BCUT2D eigenvalue weighted by molar-refractivity contribution is 5.67. The van der Waals surface area contributed by atoms with Crippen LogP contribution in [-0.2, 0) is 6.54 Å². The lowest BCUT2D eigenvalue weighted by molar-refractivity contribution is 1.07. The van der Waals surface area contributed by atoms with Crippen LogP contribution in [-0.4, -0.2) is 4.98 Å². The summed E-state index contributed by atoms with van der Waals surface area (Å²) < 4.78 is 0. The van der Waals surface area contributed by atoms with Crippen LogP contribution in [0.1, 0.15) is 11.1 Å². The first-order valence-electron chi connectivity index (χ1n) is 5.17. The van der Waals surface area contributed by atoms with E-state index in [2.05, 4.69) is 4.98 Å². The van der Waals surface area contributed by atoms with E-state index < -0.39 is 0 Å². The Morgan fingerprint density at radius 2 is 2.12 bits per heavy atom. The molecule has 17 heavy (non-hydrogen) atoms. The fourth-order valence-electron chi connectivity index (χ4n) is 1.70. The number of H-pyrrole nitrogens is 1. The van der Waals surface area contributed by atoms with Gasteiger partial charge < -0.3 is 10.7 Å². The van der Waals surface area contributed by atoms with Gasteiger partial charge in [0, 0.05) is 12.7 Å². The molecule has 1 aromatic heterocycles. The van der Waals surface area contributed by atoms with Crippen LogP contribution in [0.25, 0.3) is 11.1 Å². The van der Waals surface area contributed by atoms with Gasteiger partial charge in [-0.25, -0.2) is 0 Å². The van der Waals surface area contributed by atoms with E-state index in [9.17, 15) is 4.79 Å². The van der Waals surface area contributed by atoms with Crippen molar-refractivity contribution in [1.82, 2.24) is 4.98 Å². The zero-order chi connectivity index (χ0) is 12.3. The summed E-state index contributed by atoms with van der Waals surface area (Å²) in [6, 6.07) is 11.1. The lowest BCUT2D eigenvalue weighted by atomic mass is 10.0. The van der Waals surface area contributed by atoms with Crippen LogP contribution in [0.4, 0.5) is 0 Å². The zero-order valence-electron chi connectivity index (χ0n) is 9.10. The van der Waals surface area contributed by atoms with Gasteiger partial charge in [-0.05, 0) is 22.8 Å². The lowest BCUT2D eigenvalue weighted by Gasteiger charge is -2.07. The van der Waals surface area contributed by atoms with Crippen molar-refractivity contribution in [3.63, 3.8) is 0 Å². The molecule has 0 saturated heterocycles. The van der Waals surface area contributed by atoms with E-state index in [1.165, 1.54) is 0 Å². The van der Waals surface area contributed by atoms with Gasteiger partial charge in [-0.2, -0.15) is 5.26 Å². The topological polar surface area (TPSA) is 82.7 Å². The van der Waals surface area contributed by atoms with Crippen LogP contribution < -0.4 is 11.3 Å². The van der Waals surface area contributed by atoms with Crippen LogP contribution in [0.2, 0.25) is 0 Å². The van der Waals surface area contributed by atoms with Crippen molar-refractivity contribution >= 4 is 0 Å². The van der Waals surface area contributed by atoms with Crippen molar-refractivity contribution in [1.29, 1.82) is 5.26 Å². The molecule has 3 N–H and O–H groups in total. The molecule has 0 aliphatic heterocycles. The highest BCUT2D eigenvalue weighted by atomic mass is 16.1. The first-order chi connectivity index (χ1) is 8.26. The number of nitriles is 1. The second kappa shape index (κ2) is 4.64. The largest absolute Gasteiger partial charge is 0.327 e. The van der Waals surface area contributed by atoms with Gasteiger partial charge in [-0.3, -0.25) is 4.79 Å². The Kier molecular flexibility index (Phi) is 3.03. The minimum atomic E-state index is -0.374. The summed E-state index contributed by atoms with van der Waals surface area (Å²) in [7, 11) is 0. The maximum absolute atomic E-state index is 11.3. The monoisotopic (exact) mass is 225 g/mol. The van der Waals surface area contributed by atoms with E-state index >= 15 is 0 Å². The predicted octanol–water partition coefficient (Wildman–Crippen LogP) is 1.37. The zero-order valence-corrected chi connectivity index (χ0v) is 9.10. The molecule has 1 heterocycles. The van der Waals surface area contributed by atoms with Crippen LogP contribution >= 0.6 is 0 Å². The molecule has 0 unspecified atom stereocenters. The fourth-order valence-corrected chi connectivity index (χ4v) is 1.70. The summed E-state index contributed by atoms with van der Waals surface area (Å²) in [6.45, 7) is 0.414. The van der Waals surface area contributed by atoms with Gasteiger partial charge in [0.05, 0.1) is 0 Å². The third-order valence-electron chi connectivity index (χ3n) is 2.57. The molecule has 2 rings (SSSR count). The number of pyridine rings is 1. The number of rotatable bonds is 2. The molecule has 0 aliphatic carbocycles. The summed E-state index contributed by atoms with van der Waals surface area (Å²) in [4.78, 5) is 13.8. The third kappa shape index (κ3) is 2.10. The quantitative estimate of drug-likeness (QED) is 0.809. The number of hydrogen-bond acceptors (Lipinski definition) is 3. The molecular formula is C13H11N3O. The Balaban J connectivity index is 2.62. The molecule has 0 aliphatic rings. The van der Waals surface area contributed by atoms with Crippen LogP contribution in [0.5, 0.6) is 0 Å². The highest BCUT2D eigenvalue weighted by Crippen LogP contribution is 2.22. The van der Waals surface area contributed by atoms with Gasteiger partial charge in [0.25, 0.3) is 5.56 Å². The molecule has 2 aromatic rings. The number of hydrogen-bond donors (Lipinski definition) is 2. The number of benzene rings is 1. The second-order valence-electron chi connectivity index (χ2n) is 3.60. The Morgan fingerprint density at radius 1 is 1.35 bits per heavy atom. The van der Waals surface area contributed by atoms with Crippen LogP contribution in [0.15, 0.2) is 41.3 Å². The summed E-state index contributed by atoms with van der Waals surface area (Å²) in [5, 5.41) is 8.82. The van der Waals surface area contributed by atoms with Crippen molar-refractivity contribution in [3.05, 3.63) is 58.0 Å². The Hall–Kier alpha value is -2.38. The van der Waals surface area contributed by atoms with Crippen molar-refractivity contribution in [2.45, 2.75) is 6.54 Å². The molecule has 0 radical (unpaired) electrons. The molecule has 0 fully saturated rings. The number of nitrogens with zero attached hydrogens (tertiary/aromatic N) is 1. The van der Waals surface area contributed by atoms with E-state index in [4.69, 9.17) is 11.0 Å². The standard InChI is InChI=1S/C13H11N3O/c14-6-9-3-1-2-4-12(9)11-5-10(7-15)13(17)16-8-11/h1-5,8H,6,14H2,(H,16,17). The van der Waals surface area contributed by atoms with Gasteiger partial charge in [-0.15, -0.1) is 0 Å². The molecule has 0 atom stereocenters. The number of nitrogens with two attached hydrogens (primary N) is 1. The molecule has 0 saturated carbocycles. The molecule has 0 spiro atoms. The fraction of sp³-hybridized carbons (Fsp3) is 0.0769. The maximum atomic E-state index is 11.3. The molecule has 84 valence electrons. The average molecular weight is 225 g/mol. The highest BCUT2D eigenvalue weighted by Gasteiger charge is 2.06. The van der Waals surface area contributed by atoms with Crippen LogP contribution in [0.3, 0.4) is 0 Å². The van der Waals surface area contributed by atoms with E-state index in [1.807, 2.05) is 30.3 Å². The smallest absolute Gasteiger partial charge is 0.265 e. The van der Waals surface area contributed by atoms with Crippen LogP contribution in [0, 0.1) is 11.3 Å². The minimum absolute atomic E-state index is 0.106. The molecular weight excluding hydrogens is 214 g/mol. The van der Waals surface area contributed by atoms with E-state index in [-0.39, 0.29) is 11.1 Å². The van der Waals surface area contributed by atoms with Gasteiger partial charge in [0.1, 0.15) is 11.6 Å². The van der Waals surface area contributed by atoms with E-state index in [1.54, 1.807) is 12.3 Å². The van der Waals surface area contributed by atoms with Crippen molar-refractivity contribution < 1.29 is 0 Å². The number of nitrogens with one attached hydrogen (secondary N) is 1. The Labute approximate surface area is 98.3 Å². The first kappa shape index (κ1) is 11.1. The predicted molar refractivity (Wildman–Crippen MR) is 65.1 cm³/mol. The number of aromatic amines is 1. The molecule has 0 amide bonds. The first-order valence-corrected chi connectivity index (χ1v) is 5.17. The van der Waals surface area contributed by atoms with E-state index in [0.29, 0.717) is 6.54 Å². The average Bonchev–Trinajstić information content (AvgIpc) is 2.39. The number of aromatic nitrogens is 1. The summed E-state index contributed by atoms with van der Waals surface area (Å²) in [5.41, 5.74) is 8.09. The third-order valence-corrected chi connectivity index (χ3v) is 2.57. The molecule has 4 heteroatoms. The maximum Gasteiger partial charge on any atom is 0.265 e. The van der Waals surface area contributed by atoms with Gasteiger partial charge >= 0.3 is 0 Å². The van der Waals surface area contributed by atoms with Crippen molar-refractivity contribution in [3.8, 4) is 17.2 Å². The van der Waals surface area contributed by atoms with Gasteiger partial charge in [0.2, 0.25) is 0 Å². The molecule has 0 bridgehead atoms.